The van der Waals surface area contributed by atoms with Crippen LogP contribution in [-0.2, 0) is 9.16 Å². The Kier molecular flexibility index (Phi) is 8.38. The van der Waals surface area contributed by atoms with Gasteiger partial charge in [0.25, 0.3) is 14.0 Å². The van der Waals surface area contributed by atoms with Gasteiger partial charge in [0.15, 0.2) is 0 Å². The molecular weight excluding hydrogens is 434 g/mol. The van der Waals surface area contributed by atoms with Gasteiger partial charge in [0.1, 0.15) is 12.4 Å². The highest BCUT2D eigenvalue weighted by Crippen LogP contribution is 2.36. The first kappa shape index (κ1) is 24.6. The zero-order valence-corrected chi connectivity index (χ0v) is 20.4. The van der Waals surface area contributed by atoms with Crippen LogP contribution in [0.5, 0.6) is 5.75 Å². The summed E-state index contributed by atoms with van der Waals surface area (Å²) in [6.07, 6.45) is 0. The van der Waals surface area contributed by atoms with Crippen LogP contribution in [0, 0.1) is 10.1 Å². The number of nitro benzene ring substituents is 1. The largest absolute Gasteiger partial charge is 0.491 e. The summed E-state index contributed by atoms with van der Waals surface area (Å²) in [6, 6.07) is 27.1. The van der Waals surface area contributed by atoms with Crippen LogP contribution in [0.1, 0.15) is 20.8 Å². The molecule has 6 nitrogen and oxygen atoms in total. The standard InChI is InChI=1S/C26H31NO5Si/c1-26(2,3)33(24-10-6-4-7-11-24,25-12-8-5-9-13-25)32-21-19-30-18-20-31-23-16-14-22(15-17-23)27(28)29/h4-17H,18-21H2,1-3H3. The lowest BCUT2D eigenvalue weighted by Gasteiger charge is -2.43. The number of ether oxygens (including phenoxy) is 2. The van der Waals surface area contributed by atoms with E-state index in [-0.39, 0.29) is 10.7 Å². The SMILES string of the molecule is CC(C)(C)[Si](OCCOCCOc1ccc([N+](=O)[O-])cc1)(c1ccccc1)c1ccccc1. The van der Waals surface area contributed by atoms with Gasteiger partial charge >= 0.3 is 0 Å². The van der Waals surface area contributed by atoms with Gasteiger partial charge in [-0.2, -0.15) is 0 Å². The second-order valence-corrected chi connectivity index (χ2v) is 13.0. The maximum atomic E-state index is 10.7. The zero-order chi connectivity index (χ0) is 23.7. The number of nitro groups is 1. The molecule has 0 saturated heterocycles. The van der Waals surface area contributed by atoms with Crippen LogP contribution >= 0.6 is 0 Å². The molecule has 0 aliphatic carbocycles. The van der Waals surface area contributed by atoms with E-state index in [4.69, 9.17) is 13.9 Å². The maximum absolute atomic E-state index is 10.7. The Hall–Kier alpha value is -3.00. The summed E-state index contributed by atoms with van der Waals surface area (Å²) in [4.78, 5) is 10.3. The molecule has 0 radical (unpaired) electrons. The summed E-state index contributed by atoms with van der Waals surface area (Å²) >= 11 is 0. The molecule has 0 fully saturated rings. The van der Waals surface area contributed by atoms with Crippen LogP contribution in [0.25, 0.3) is 0 Å². The predicted octanol–water partition coefficient (Wildman–Crippen LogP) is 4.57. The average Bonchev–Trinajstić information content (AvgIpc) is 2.81. The fourth-order valence-electron chi connectivity index (χ4n) is 4.00. The van der Waals surface area contributed by atoms with Gasteiger partial charge in [-0.1, -0.05) is 81.4 Å². The van der Waals surface area contributed by atoms with E-state index >= 15 is 0 Å². The van der Waals surface area contributed by atoms with Crippen molar-refractivity contribution in [3.63, 3.8) is 0 Å². The van der Waals surface area contributed by atoms with Gasteiger partial charge in [-0.3, -0.25) is 10.1 Å². The minimum absolute atomic E-state index is 0.0408. The molecule has 0 heterocycles. The minimum Gasteiger partial charge on any atom is -0.491 e. The van der Waals surface area contributed by atoms with Crippen LogP contribution in [0.15, 0.2) is 84.9 Å². The highest BCUT2D eigenvalue weighted by Gasteiger charge is 2.49. The molecule has 0 amide bonds. The van der Waals surface area contributed by atoms with Crippen molar-refractivity contribution in [3.8, 4) is 5.75 Å². The van der Waals surface area contributed by atoms with Crippen molar-refractivity contribution in [2.75, 3.05) is 26.4 Å². The maximum Gasteiger partial charge on any atom is 0.269 e. The molecule has 33 heavy (non-hydrogen) atoms. The van der Waals surface area contributed by atoms with E-state index in [0.717, 1.165) is 0 Å². The Labute approximate surface area is 196 Å². The first-order valence-electron chi connectivity index (χ1n) is 11.0. The molecular formula is C26H31NO5Si. The lowest BCUT2D eigenvalue weighted by molar-refractivity contribution is -0.384. The van der Waals surface area contributed by atoms with Crippen molar-refractivity contribution in [1.29, 1.82) is 0 Å². The third kappa shape index (κ3) is 6.07. The number of non-ortho nitro benzene ring substituents is 1. The molecule has 0 aliphatic heterocycles. The van der Waals surface area contributed by atoms with Crippen LogP contribution < -0.4 is 15.1 Å². The van der Waals surface area contributed by atoms with Crippen LogP contribution in [-0.4, -0.2) is 39.7 Å². The summed E-state index contributed by atoms with van der Waals surface area (Å²) in [5, 5.41) is 13.1. The van der Waals surface area contributed by atoms with E-state index in [1.54, 1.807) is 12.1 Å². The van der Waals surface area contributed by atoms with Crippen molar-refractivity contribution in [2.45, 2.75) is 25.8 Å². The fraction of sp³-hybridized carbons (Fsp3) is 0.308. The van der Waals surface area contributed by atoms with E-state index < -0.39 is 13.2 Å². The third-order valence-electron chi connectivity index (χ3n) is 5.51. The van der Waals surface area contributed by atoms with Crippen molar-refractivity contribution < 1.29 is 18.8 Å². The quantitative estimate of drug-likeness (QED) is 0.180. The van der Waals surface area contributed by atoms with E-state index in [9.17, 15) is 10.1 Å². The molecule has 0 aromatic heterocycles. The summed E-state index contributed by atoms with van der Waals surface area (Å²) in [7, 11) is -2.55. The summed E-state index contributed by atoms with van der Waals surface area (Å²) < 4.78 is 18.1. The number of hydrogen-bond donors (Lipinski definition) is 0. The topological polar surface area (TPSA) is 70.8 Å². The zero-order valence-electron chi connectivity index (χ0n) is 19.4. The Bertz CT molecular complexity index is 965. The third-order valence-corrected chi connectivity index (χ3v) is 10.5. The van der Waals surface area contributed by atoms with Gasteiger partial charge in [-0.05, 0) is 27.5 Å². The molecule has 3 aromatic carbocycles. The van der Waals surface area contributed by atoms with E-state index in [0.29, 0.717) is 32.2 Å². The number of rotatable bonds is 11. The van der Waals surface area contributed by atoms with Crippen LogP contribution in [0.4, 0.5) is 5.69 Å². The molecule has 0 bridgehead atoms. The van der Waals surface area contributed by atoms with Crippen molar-refractivity contribution in [1.82, 2.24) is 0 Å². The Morgan fingerprint density at radius 1 is 0.758 bits per heavy atom. The van der Waals surface area contributed by atoms with Gasteiger partial charge in [-0.15, -0.1) is 0 Å². The molecule has 3 rings (SSSR count). The number of benzene rings is 3. The van der Waals surface area contributed by atoms with Crippen molar-refractivity contribution in [3.05, 3.63) is 95.0 Å². The molecule has 0 N–H and O–H groups in total. The minimum atomic E-state index is -2.55. The van der Waals surface area contributed by atoms with Gasteiger partial charge in [0.2, 0.25) is 0 Å². The van der Waals surface area contributed by atoms with E-state index in [2.05, 4.69) is 69.3 Å². The molecule has 0 unspecified atom stereocenters. The van der Waals surface area contributed by atoms with E-state index in [1.165, 1.54) is 22.5 Å². The first-order chi connectivity index (χ1) is 15.8. The first-order valence-corrected chi connectivity index (χ1v) is 13.0. The van der Waals surface area contributed by atoms with Crippen molar-refractivity contribution in [2.24, 2.45) is 0 Å². The van der Waals surface area contributed by atoms with Crippen LogP contribution in [0.3, 0.4) is 0 Å². The lowest BCUT2D eigenvalue weighted by Crippen LogP contribution is -2.66. The lowest BCUT2D eigenvalue weighted by atomic mass is 10.2. The molecule has 0 spiro atoms. The molecule has 3 aromatic rings. The normalized spacial score (nSPS) is 11.8. The fourth-order valence-corrected chi connectivity index (χ4v) is 8.54. The molecule has 7 heteroatoms. The Morgan fingerprint density at radius 3 is 1.76 bits per heavy atom. The van der Waals surface area contributed by atoms with Crippen LogP contribution in [0.2, 0.25) is 5.04 Å². The average molecular weight is 466 g/mol. The summed E-state index contributed by atoms with van der Waals surface area (Å²) in [5.41, 5.74) is 0.0408. The molecule has 0 atom stereocenters. The monoisotopic (exact) mass is 465 g/mol. The molecule has 174 valence electrons. The predicted molar refractivity (Wildman–Crippen MR) is 133 cm³/mol. The molecule has 0 saturated carbocycles. The Balaban J connectivity index is 1.59. The Morgan fingerprint density at radius 2 is 1.27 bits per heavy atom. The summed E-state index contributed by atoms with van der Waals surface area (Å²) in [5.74, 6) is 0.577. The second kappa shape index (κ2) is 11.2. The van der Waals surface area contributed by atoms with Gasteiger partial charge in [0.05, 0.1) is 24.7 Å². The molecule has 0 aliphatic rings. The highest BCUT2D eigenvalue weighted by molar-refractivity contribution is 6.99. The second-order valence-electron chi connectivity index (χ2n) is 8.72. The number of nitrogens with zero attached hydrogens (tertiary/aromatic N) is 1. The highest BCUT2D eigenvalue weighted by atomic mass is 28.4. The number of hydrogen-bond acceptors (Lipinski definition) is 5. The van der Waals surface area contributed by atoms with E-state index in [1.807, 2.05) is 12.1 Å². The van der Waals surface area contributed by atoms with Gasteiger partial charge in [-0.25, -0.2) is 0 Å². The summed E-state index contributed by atoms with van der Waals surface area (Å²) in [6.45, 7) is 8.44. The van der Waals surface area contributed by atoms with Gasteiger partial charge in [0, 0.05) is 12.1 Å². The van der Waals surface area contributed by atoms with Crippen molar-refractivity contribution >= 4 is 24.4 Å². The smallest absolute Gasteiger partial charge is 0.269 e. The van der Waals surface area contributed by atoms with Gasteiger partial charge < -0.3 is 13.9 Å².